The molecule has 0 spiro atoms. The van der Waals surface area contributed by atoms with E-state index in [9.17, 15) is 14.4 Å². The van der Waals surface area contributed by atoms with Crippen molar-refractivity contribution >= 4 is 34.4 Å². The molecule has 9 nitrogen and oxygen atoms in total. The lowest BCUT2D eigenvalue weighted by Gasteiger charge is -2.38. The van der Waals surface area contributed by atoms with Crippen LogP contribution >= 0.6 is 0 Å². The molecule has 210 valence electrons. The third kappa shape index (κ3) is 6.09. The lowest BCUT2D eigenvalue weighted by molar-refractivity contribution is -0.157. The van der Waals surface area contributed by atoms with Crippen molar-refractivity contribution in [1.82, 2.24) is 20.1 Å². The predicted molar refractivity (Wildman–Crippen MR) is 153 cm³/mol. The highest BCUT2D eigenvalue weighted by Crippen LogP contribution is 2.33. The normalized spacial score (nSPS) is 19.3. The van der Waals surface area contributed by atoms with Gasteiger partial charge in [0.25, 0.3) is 0 Å². The molecule has 1 aromatic heterocycles. The fourth-order valence-electron chi connectivity index (χ4n) is 5.66. The van der Waals surface area contributed by atoms with E-state index < -0.39 is 11.6 Å². The molecule has 3 aromatic rings. The molecule has 40 heavy (non-hydrogen) atoms. The van der Waals surface area contributed by atoms with Gasteiger partial charge in [0.15, 0.2) is 0 Å². The number of ether oxygens (including phenoxy) is 1. The number of rotatable bonds is 6. The van der Waals surface area contributed by atoms with Gasteiger partial charge in [0.05, 0.1) is 12.5 Å². The van der Waals surface area contributed by atoms with Gasteiger partial charge in [0.1, 0.15) is 17.5 Å². The maximum absolute atomic E-state index is 13.9. The first-order valence-corrected chi connectivity index (χ1v) is 13.8. The lowest BCUT2D eigenvalue weighted by Crippen LogP contribution is -2.48. The van der Waals surface area contributed by atoms with E-state index in [4.69, 9.17) is 10.5 Å². The van der Waals surface area contributed by atoms with E-state index in [1.807, 2.05) is 74.2 Å². The van der Waals surface area contributed by atoms with Crippen molar-refractivity contribution in [2.24, 2.45) is 5.92 Å². The van der Waals surface area contributed by atoms with Crippen LogP contribution in [0.2, 0.25) is 0 Å². The summed E-state index contributed by atoms with van der Waals surface area (Å²) < 4.78 is 5.56. The van der Waals surface area contributed by atoms with Gasteiger partial charge in [-0.05, 0) is 67.8 Å². The van der Waals surface area contributed by atoms with E-state index in [1.165, 1.54) is 0 Å². The van der Waals surface area contributed by atoms with Crippen molar-refractivity contribution in [2.45, 2.75) is 51.8 Å². The van der Waals surface area contributed by atoms with E-state index >= 15 is 0 Å². The monoisotopic (exact) mass is 543 g/mol. The zero-order valence-electron chi connectivity index (χ0n) is 23.4. The van der Waals surface area contributed by atoms with Crippen molar-refractivity contribution in [2.75, 3.05) is 31.9 Å². The van der Waals surface area contributed by atoms with Crippen LogP contribution < -0.4 is 11.1 Å². The molecule has 2 aliphatic rings. The zero-order chi connectivity index (χ0) is 28.4. The van der Waals surface area contributed by atoms with Crippen molar-refractivity contribution < 1.29 is 19.1 Å². The molecular formula is C31H37N5O4. The number of nitrogens with one attached hydrogen (secondary N) is 1. The molecule has 0 aliphatic carbocycles. The number of amides is 2. The van der Waals surface area contributed by atoms with Crippen LogP contribution in [-0.4, -0.2) is 64.3 Å². The molecule has 3 N–H and O–H groups in total. The van der Waals surface area contributed by atoms with Gasteiger partial charge >= 0.3 is 5.97 Å². The first kappa shape index (κ1) is 27.6. The second kappa shape index (κ2) is 11.3. The Bertz CT molecular complexity index is 1430. The van der Waals surface area contributed by atoms with Gasteiger partial charge in [-0.1, -0.05) is 36.4 Å². The van der Waals surface area contributed by atoms with Gasteiger partial charge < -0.3 is 20.7 Å². The number of likely N-dealkylation sites (tertiary alicyclic amines) is 1. The van der Waals surface area contributed by atoms with Crippen LogP contribution in [0.5, 0.6) is 0 Å². The Hall–Kier alpha value is -3.98. The minimum atomic E-state index is -0.600. The number of anilines is 1. The second-order valence-corrected chi connectivity index (χ2v) is 11.6. The number of nitrogens with two attached hydrogens (primary N) is 1. The molecule has 2 amide bonds. The molecule has 3 heterocycles. The van der Waals surface area contributed by atoms with Gasteiger partial charge in [-0.2, -0.15) is 0 Å². The lowest BCUT2D eigenvalue weighted by atomic mass is 9.91. The highest BCUT2D eigenvalue weighted by atomic mass is 16.6. The van der Waals surface area contributed by atoms with Gasteiger partial charge in [0, 0.05) is 37.8 Å². The third-order valence-corrected chi connectivity index (χ3v) is 7.57. The molecule has 2 atom stereocenters. The molecule has 9 heteroatoms. The Morgan fingerprint density at radius 1 is 1.10 bits per heavy atom. The summed E-state index contributed by atoms with van der Waals surface area (Å²) in [5.41, 5.74) is 8.35. The van der Waals surface area contributed by atoms with Crippen LogP contribution in [0, 0.1) is 5.92 Å². The second-order valence-electron chi connectivity index (χ2n) is 11.6. The van der Waals surface area contributed by atoms with Crippen molar-refractivity contribution in [3.05, 3.63) is 71.4 Å². The summed E-state index contributed by atoms with van der Waals surface area (Å²) in [6.45, 7) is 7.36. The number of benzene rings is 2. The standard InChI is InChI=1S/C31H37N5O4/c1-31(2,3)40-26(37)19-35-14-11-21-6-4-5-7-24(21)27(35)30(39)36-15-12-23(18-36)29(38)34-17-20-8-9-25-22(16-20)10-13-33-28(25)32/h4-10,13,16,23,27H,11-12,14-15,17-19H2,1-3H3,(H2,32,33)(H,34,38)/t23-,27?/m1/s1. The highest BCUT2D eigenvalue weighted by molar-refractivity contribution is 5.91. The first-order chi connectivity index (χ1) is 19.1. The summed E-state index contributed by atoms with van der Waals surface area (Å²) >= 11 is 0. The quantitative estimate of drug-likeness (QED) is 0.459. The van der Waals surface area contributed by atoms with Gasteiger partial charge in [-0.3, -0.25) is 19.3 Å². The number of carbonyl (C=O) groups is 3. The Morgan fingerprint density at radius 3 is 2.70 bits per heavy atom. The van der Waals surface area contributed by atoms with E-state index in [0.717, 1.165) is 33.9 Å². The number of fused-ring (bicyclic) bond motifs is 2. The number of nitrogen functional groups attached to an aromatic ring is 1. The topological polar surface area (TPSA) is 118 Å². The van der Waals surface area contributed by atoms with E-state index in [0.29, 0.717) is 38.4 Å². The molecular weight excluding hydrogens is 506 g/mol. The summed E-state index contributed by atoms with van der Waals surface area (Å²) in [6, 6.07) is 15.1. The predicted octanol–water partition coefficient (Wildman–Crippen LogP) is 3.22. The van der Waals surface area contributed by atoms with Crippen LogP contribution in [0.4, 0.5) is 5.82 Å². The first-order valence-electron chi connectivity index (χ1n) is 13.8. The fraction of sp³-hybridized carbons (Fsp3) is 0.419. The smallest absolute Gasteiger partial charge is 0.320 e. The van der Waals surface area contributed by atoms with Crippen LogP contribution in [0.1, 0.15) is 49.9 Å². The molecule has 2 aliphatic heterocycles. The Balaban J connectivity index is 1.24. The van der Waals surface area contributed by atoms with Crippen molar-refractivity contribution in [3.8, 4) is 0 Å². The van der Waals surface area contributed by atoms with E-state index in [1.54, 1.807) is 11.1 Å². The summed E-state index contributed by atoms with van der Waals surface area (Å²) in [7, 11) is 0. The van der Waals surface area contributed by atoms with Crippen LogP contribution in [0.25, 0.3) is 10.8 Å². The van der Waals surface area contributed by atoms with Crippen LogP contribution in [0.15, 0.2) is 54.7 Å². The number of nitrogens with zero attached hydrogens (tertiary/aromatic N) is 3. The van der Waals surface area contributed by atoms with Crippen LogP contribution in [0.3, 0.4) is 0 Å². The number of aromatic nitrogens is 1. The number of esters is 1. The van der Waals surface area contributed by atoms with Gasteiger partial charge in [0.2, 0.25) is 11.8 Å². The van der Waals surface area contributed by atoms with Crippen molar-refractivity contribution in [3.63, 3.8) is 0 Å². The SMILES string of the molecule is CC(C)(C)OC(=O)CN1CCc2ccccc2C1C(=O)N1CC[C@@H](C(=O)NCc2ccc3c(N)nccc3c2)C1. The average Bonchev–Trinajstić information content (AvgIpc) is 3.41. The molecule has 1 fully saturated rings. The highest BCUT2D eigenvalue weighted by Gasteiger charge is 2.40. The summed E-state index contributed by atoms with van der Waals surface area (Å²) in [4.78, 5) is 47.5. The molecule has 1 unspecified atom stereocenters. The molecule has 5 rings (SSSR count). The average molecular weight is 544 g/mol. The summed E-state index contributed by atoms with van der Waals surface area (Å²) in [6.07, 6.45) is 3.02. The van der Waals surface area contributed by atoms with E-state index in [2.05, 4.69) is 10.3 Å². The maximum Gasteiger partial charge on any atom is 0.320 e. The number of hydrogen-bond acceptors (Lipinski definition) is 7. The Labute approximate surface area is 234 Å². The largest absolute Gasteiger partial charge is 0.459 e. The fourth-order valence-corrected chi connectivity index (χ4v) is 5.66. The number of carbonyl (C=O) groups excluding carboxylic acids is 3. The minimum Gasteiger partial charge on any atom is -0.459 e. The molecule has 1 saturated heterocycles. The third-order valence-electron chi connectivity index (χ3n) is 7.57. The van der Waals surface area contributed by atoms with Crippen molar-refractivity contribution in [1.29, 1.82) is 0 Å². The van der Waals surface area contributed by atoms with E-state index in [-0.39, 0.29) is 30.2 Å². The molecule has 0 saturated carbocycles. The minimum absolute atomic E-state index is 0.0350. The number of pyridine rings is 1. The molecule has 0 radical (unpaired) electrons. The van der Waals surface area contributed by atoms with Crippen LogP contribution in [-0.2, 0) is 32.1 Å². The summed E-state index contributed by atoms with van der Waals surface area (Å²) in [5, 5.41) is 4.89. The summed E-state index contributed by atoms with van der Waals surface area (Å²) in [5.74, 6) is -0.307. The van der Waals surface area contributed by atoms with Gasteiger partial charge in [-0.25, -0.2) is 4.98 Å². The number of hydrogen-bond donors (Lipinski definition) is 2. The zero-order valence-corrected chi connectivity index (χ0v) is 23.4. The van der Waals surface area contributed by atoms with Gasteiger partial charge in [-0.15, -0.1) is 0 Å². The maximum atomic E-state index is 13.9. The molecule has 2 aromatic carbocycles. The molecule has 0 bridgehead atoms. The Kier molecular flexibility index (Phi) is 7.76. The Morgan fingerprint density at radius 2 is 1.90 bits per heavy atom.